The first-order valence-electron chi connectivity index (χ1n) is 7.01. The third-order valence-electron chi connectivity index (χ3n) is 4.22. The molecule has 0 amide bonds. The van der Waals surface area contributed by atoms with Crippen LogP contribution >= 0.6 is 0 Å². The molecule has 1 aliphatic rings. The average Bonchev–Trinajstić information content (AvgIpc) is 2.38. The maximum absolute atomic E-state index is 9.55. The summed E-state index contributed by atoms with van der Waals surface area (Å²) in [4.78, 5) is 0. The lowest BCUT2D eigenvalue weighted by atomic mass is 9.80. The number of benzene rings is 2. The van der Waals surface area contributed by atoms with E-state index in [0.29, 0.717) is 5.75 Å². The van der Waals surface area contributed by atoms with Crippen LogP contribution in [0.25, 0.3) is 10.8 Å². The van der Waals surface area contributed by atoms with Gasteiger partial charge in [-0.1, -0.05) is 38.0 Å². The van der Waals surface area contributed by atoms with Crippen molar-refractivity contribution in [3.05, 3.63) is 41.5 Å². The van der Waals surface area contributed by atoms with Gasteiger partial charge in [0.15, 0.2) is 0 Å². The molecule has 1 aliphatic carbocycles. The zero-order valence-corrected chi connectivity index (χ0v) is 10.9. The molecule has 0 aromatic heterocycles. The Morgan fingerprint density at radius 1 is 1.22 bits per heavy atom. The normalized spacial score (nSPS) is 18.8. The van der Waals surface area contributed by atoms with Crippen LogP contribution < -0.4 is 0 Å². The molecule has 1 heteroatoms. The van der Waals surface area contributed by atoms with Gasteiger partial charge in [-0.2, -0.15) is 0 Å². The van der Waals surface area contributed by atoms with Gasteiger partial charge in [-0.05, 0) is 59.2 Å². The number of rotatable bonds is 2. The molecular formula is C17H20O. The van der Waals surface area contributed by atoms with E-state index in [4.69, 9.17) is 0 Å². The Bertz CT molecular complexity index is 571. The molecule has 0 fully saturated rings. The van der Waals surface area contributed by atoms with E-state index in [-0.39, 0.29) is 0 Å². The van der Waals surface area contributed by atoms with Gasteiger partial charge in [0.2, 0.25) is 0 Å². The van der Waals surface area contributed by atoms with Crippen LogP contribution in [0.3, 0.4) is 0 Å². The van der Waals surface area contributed by atoms with Crippen molar-refractivity contribution in [2.45, 2.75) is 39.0 Å². The van der Waals surface area contributed by atoms with Gasteiger partial charge in [0.05, 0.1) is 0 Å². The van der Waals surface area contributed by atoms with Crippen LogP contribution in [0, 0.1) is 5.92 Å². The molecule has 0 spiro atoms. The highest BCUT2D eigenvalue weighted by Crippen LogP contribution is 2.34. The molecule has 0 saturated carbocycles. The number of phenolic OH excluding ortho intramolecular Hbond substituents is 1. The van der Waals surface area contributed by atoms with E-state index in [1.165, 1.54) is 54.0 Å². The summed E-state index contributed by atoms with van der Waals surface area (Å²) in [5, 5.41) is 12.0. The molecule has 1 unspecified atom stereocenters. The largest absolute Gasteiger partial charge is 0.508 e. The van der Waals surface area contributed by atoms with E-state index in [0.717, 1.165) is 5.92 Å². The summed E-state index contributed by atoms with van der Waals surface area (Å²) in [6.45, 7) is 2.28. The second-order valence-electron chi connectivity index (χ2n) is 5.51. The van der Waals surface area contributed by atoms with Crippen LogP contribution in [-0.4, -0.2) is 5.11 Å². The Morgan fingerprint density at radius 2 is 2.11 bits per heavy atom. The molecule has 1 atom stereocenters. The minimum atomic E-state index is 0.363. The van der Waals surface area contributed by atoms with Crippen molar-refractivity contribution < 1.29 is 5.11 Å². The third kappa shape index (κ3) is 1.98. The van der Waals surface area contributed by atoms with Crippen LogP contribution in [0.2, 0.25) is 0 Å². The van der Waals surface area contributed by atoms with Gasteiger partial charge in [0.1, 0.15) is 5.75 Å². The van der Waals surface area contributed by atoms with Crippen molar-refractivity contribution in [2.24, 2.45) is 5.92 Å². The lowest BCUT2D eigenvalue weighted by molar-refractivity contribution is 0.424. The molecule has 18 heavy (non-hydrogen) atoms. The van der Waals surface area contributed by atoms with Crippen molar-refractivity contribution in [2.75, 3.05) is 0 Å². The van der Waals surface area contributed by atoms with Gasteiger partial charge in [-0.15, -0.1) is 0 Å². The topological polar surface area (TPSA) is 20.2 Å². The molecule has 3 rings (SSSR count). The fraction of sp³-hybridized carbons (Fsp3) is 0.412. The van der Waals surface area contributed by atoms with E-state index in [2.05, 4.69) is 25.1 Å². The second kappa shape index (κ2) is 4.64. The lowest BCUT2D eigenvalue weighted by Crippen LogP contribution is -2.14. The molecule has 0 heterocycles. The summed E-state index contributed by atoms with van der Waals surface area (Å²) >= 11 is 0. The molecule has 2 aromatic rings. The van der Waals surface area contributed by atoms with Crippen LogP contribution in [0.1, 0.15) is 37.3 Å². The van der Waals surface area contributed by atoms with Gasteiger partial charge >= 0.3 is 0 Å². The highest BCUT2D eigenvalue weighted by atomic mass is 16.3. The van der Waals surface area contributed by atoms with Gasteiger partial charge in [0, 0.05) is 0 Å². The summed E-state index contributed by atoms with van der Waals surface area (Å²) in [5.41, 5.74) is 3.04. The monoisotopic (exact) mass is 240 g/mol. The smallest absolute Gasteiger partial charge is 0.116 e. The van der Waals surface area contributed by atoms with Crippen LogP contribution in [0.4, 0.5) is 0 Å². The summed E-state index contributed by atoms with van der Waals surface area (Å²) < 4.78 is 0. The molecule has 2 aromatic carbocycles. The van der Waals surface area contributed by atoms with Crippen LogP contribution in [0.5, 0.6) is 5.75 Å². The van der Waals surface area contributed by atoms with Crippen LogP contribution in [-0.2, 0) is 12.8 Å². The number of fused-ring (bicyclic) bond motifs is 3. The number of phenols is 1. The van der Waals surface area contributed by atoms with Crippen molar-refractivity contribution in [1.29, 1.82) is 0 Å². The zero-order chi connectivity index (χ0) is 12.5. The molecule has 0 radical (unpaired) electrons. The van der Waals surface area contributed by atoms with E-state index in [9.17, 15) is 5.11 Å². The Morgan fingerprint density at radius 3 is 2.94 bits per heavy atom. The van der Waals surface area contributed by atoms with Crippen molar-refractivity contribution in [3.8, 4) is 5.75 Å². The van der Waals surface area contributed by atoms with Crippen molar-refractivity contribution >= 4 is 10.8 Å². The summed E-state index contributed by atoms with van der Waals surface area (Å²) in [7, 11) is 0. The molecule has 0 bridgehead atoms. The third-order valence-corrected chi connectivity index (χ3v) is 4.22. The average molecular weight is 240 g/mol. The number of aromatic hydroxyl groups is 1. The van der Waals surface area contributed by atoms with Gasteiger partial charge in [-0.25, -0.2) is 0 Å². The zero-order valence-electron chi connectivity index (χ0n) is 10.9. The minimum Gasteiger partial charge on any atom is -0.508 e. The molecule has 94 valence electrons. The predicted octanol–water partition coefficient (Wildman–Crippen LogP) is 4.45. The quantitative estimate of drug-likeness (QED) is 0.822. The van der Waals surface area contributed by atoms with Gasteiger partial charge < -0.3 is 5.11 Å². The van der Waals surface area contributed by atoms with E-state index in [1.807, 2.05) is 6.07 Å². The van der Waals surface area contributed by atoms with Gasteiger partial charge in [-0.3, -0.25) is 0 Å². The summed E-state index contributed by atoms with van der Waals surface area (Å²) in [6.07, 6.45) is 6.40. The van der Waals surface area contributed by atoms with Crippen molar-refractivity contribution in [3.63, 3.8) is 0 Å². The predicted molar refractivity (Wildman–Crippen MR) is 76.0 cm³/mol. The van der Waals surface area contributed by atoms with Crippen LogP contribution in [0.15, 0.2) is 30.3 Å². The standard InChI is InChI=1S/C17H20O/c1-2-3-12-4-8-16-13(10-12)5-6-14-11-15(18)7-9-17(14)16/h5-7,9,11-12,18H,2-4,8,10H2,1H3. The SMILES string of the molecule is CCCC1CCc2c(ccc3cc(O)ccc23)C1. The minimum absolute atomic E-state index is 0.363. The first-order chi connectivity index (χ1) is 8.78. The Kier molecular flexibility index (Phi) is 2.99. The summed E-state index contributed by atoms with van der Waals surface area (Å²) in [5.74, 6) is 1.24. The van der Waals surface area contributed by atoms with E-state index < -0.39 is 0 Å². The first-order valence-corrected chi connectivity index (χ1v) is 7.01. The summed E-state index contributed by atoms with van der Waals surface area (Å²) in [6, 6.07) is 10.2. The highest BCUT2D eigenvalue weighted by Gasteiger charge is 2.19. The maximum Gasteiger partial charge on any atom is 0.116 e. The molecule has 1 N–H and O–H groups in total. The Balaban J connectivity index is 2.03. The Labute approximate surface area is 108 Å². The maximum atomic E-state index is 9.55. The lowest BCUT2D eigenvalue weighted by Gasteiger charge is -2.25. The second-order valence-corrected chi connectivity index (χ2v) is 5.51. The van der Waals surface area contributed by atoms with E-state index >= 15 is 0 Å². The molecular weight excluding hydrogens is 220 g/mol. The number of aryl methyl sites for hydroxylation is 1. The fourth-order valence-electron chi connectivity index (χ4n) is 3.33. The highest BCUT2D eigenvalue weighted by molar-refractivity contribution is 5.88. The van der Waals surface area contributed by atoms with Gasteiger partial charge in [0.25, 0.3) is 0 Å². The molecule has 1 nitrogen and oxygen atoms in total. The van der Waals surface area contributed by atoms with Crippen molar-refractivity contribution in [1.82, 2.24) is 0 Å². The number of hydrogen-bond donors (Lipinski definition) is 1. The number of hydrogen-bond acceptors (Lipinski definition) is 1. The van der Waals surface area contributed by atoms with E-state index in [1.54, 1.807) is 6.07 Å². The molecule has 0 aliphatic heterocycles. The Hall–Kier alpha value is -1.50. The fourth-order valence-corrected chi connectivity index (χ4v) is 3.33. The first kappa shape index (κ1) is 11.6. The molecule has 0 saturated heterocycles.